The highest BCUT2D eigenvalue weighted by molar-refractivity contribution is 5.89. The number of benzene rings is 1. The summed E-state index contributed by atoms with van der Waals surface area (Å²) in [5, 5.41) is 5.84. The van der Waals surface area contributed by atoms with Crippen molar-refractivity contribution in [1.29, 1.82) is 0 Å². The fraction of sp³-hybridized carbons (Fsp3) is 0.500. The summed E-state index contributed by atoms with van der Waals surface area (Å²) >= 11 is 0. The van der Waals surface area contributed by atoms with E-state index in [1.54, 1.807) is 0 Å². The van der Waals surface area contributed by atoms with Gasteiger partial charge in [-0.05, 0) is 44.2 Å². The number of rotatable bonds is 6. The summed E-state index contributed by atoms with van der Waals surface area (Å²) in [4.78, 5) is 4.52. The molecule has 0 aliphatic rings. The van der Waals surface area contributed by atoms with Gasteiger partial charge < -0.3 is 10.1 Å². The van der Waals surface area contributed by atoms with E-state index in [2.05, 4.69) is 56.2 Å². The second-order valence-corrected chi connectivity index (χ2v) is 6.44. The summed E-state index contributed by atoms with van der Waals surface area (Å²) in [5.74, 6) is 0.749. The largest absolute Gasteiger partial charge is 0.477 e. The predicted octanol–water partition coefficient (Wildman–Crippen LogP) is 4.30. The van der Waals surface area contributed by atoms with Crippen molar-refractivity contribution < 1.29 is 4.74 Å². The molecule has 3 heteroatoms. The van der Waals surface area contributed by atoms with Crippen molar-refractivity contribution >= 4 is 10.8 Å². The predicted molar refractivity (Wildman–Crippen MR) is 88.7 cm³/mol. The zero-order valence-electron chi connectivity index (χ0n) is 13.6. The molecule has 0 radical (unpaired) electrons. The SMILES string of the molecule is CCCCOc1ncc(CNC(C)(C)C)c2ccccc12. The topological polar surface area (TPSA) is 34.1 Å². The van der Waals surface area contributed by atoms with Crippen molar-refractivity contribution in [3.05, 3.63) is 36.0 Å². The van der Waals surface area contributed by atoms with E-state index in [1.165, 1.54) is 10.9 Å². The molecule has 3 nitrogen and oxygen atoms in total. The third-order valence-electron chi connectivity index (χ3n) is 3.39. The van der Waals surface area contributed by atoms with Gasteiger partial charge in [0.15, 0.2) is 0 Å². The molecule has 0 spiro atoms. The van der Waals surface area contributed by atoms with E-state index in [0.717, 1.165) is 37.3 Å². The smallest absolute Gasteiger partial charge is 0.221 e. The lowest BCUT2D eigenvalue weighted by Crippen LogP contribution is -2.35. The van der Waals surface area contributed by atoms with Gasteiger partial charge in [0.05, 0.1) is 6.61 Å². The second kappa shape index (κ2) is 6.90. The number of nitrogens with one attached hydrogen (secondary N) is 1. The van der Waals surface area contributed by atoms with Gasteiger partial charge in [-0.3, -0.25) is 0 Å². The second-order valence-electron chi connectivity index (χ2n) is 6.44. The monoisotopic (exact) mass is 286 g/mol. The minimum atomic E-state index is 0.0946. The molecule has 0 saturated carbocycles. The van der Waals surface area contributed by atoms with Crippen LogP contribution in [-0.2, 0) is 6.54 Å². The van der Waals surface area contributed by atoms with Crippen molar-refractivity contribution in [2.75, 3.05) is 6.61 Å². The molecule has 0 amide bonds. The molecule has 0 saturated heterocycles. The van der Waals surface area contributed by atoms with Crippen LogP contribution in [0.2, 0.25) is 0 Å². The Morgan fingerprint density at radius 3 is 2.52 bits per heavy atom. The van der Waals surface area contributed by atoms with E-state index in [4.69, 9.17) is 4.74 Å². The maximum Gasteiger partial charge on any atom is 0.221 e. The van der Waals surface area contributed by atoms with E-state index in [-0.39, 0.29) is 5.54 Å². The van der Waals surface area contributed by atoms with E-state index >= 15 is 0 Å². The Kier molecular flexibility index (Phi) is 5.18. The highest BCUT2D eigenvalue weighted by Crippen LogP contribution is 2.26. The molecule has 0 atom stereocenters. The van der Waals surface area contributed by atoms with Gasteiger partial charge in [0, 0.05) is 23.7 Å². The van der Waals surface area contributed by atoms with E-state index in [1.807, 2.05) is 12.3 Å². The fourth-order valence-corrected chi connectivity index (χ4v) is 2.15. The number of unbranched alkanes of at least 4 members (excludes halogenated alkanes) is 1. The van der Waals surface area contributed by atoms with Crippen molar-refractivity contribution in [3.63, 3.8) is 0 Å². The summed E-state index contributed by atoms with van der Waals surface area (Å²) in [5.41, 5.74) is 1.31. The van der Waals surface area contributed by atoms with Crippen molar-refractivity contribution in [3.8, 4) is 5.88 Å². The third-order valence-corrected chi connectivity index (χ3v) is 3.39. The number of hydrogen-bond acceptors (Lipinski definition) is 3. The first-order valence-electron chi connectivity index (χ1n) is 7.75. The van der Waals surface area contributed by atoms with E-state index in [9.17, 15) is 0 Å². The molecular formula is C18H26N2O. The molecule has 0 fully saturated rings. The lowest BCUT2D eigenvalue weighted by atomic mass is 10.1. The standard InChI is InChI=1S/C18H26N2O/c1-5-6-11-21-17-16-10-8-7-9-15(16)14(12-19-17)13-20-18(2,3)4/h7-10,12,20H,5-6,11,13H2,1-4H3. The third kappa shape index (κ3) is 4.43. The average molecular weight is 286 g/mol. The molecule has 0 aliphatic heterocycles. The summed E-state index contributed by atoms with van der Waals surface area (Å²) in [6.07, 6.45) is 4.12. The van der Waals surface area contributed by atoms with Crippen LogP contribution >= 0.6 is 0 Å². The summed E-state index contributed by atoms with van der Waals surface area (Å²) in [6, 6.07) is 8.34. The minimum Gasteiger partial charge on any atom is -0.477 e. The fourth-order valence-electron chi connectivity index (χ4n) is 2.15. The molecule has 0 unspecified atom stereocenters. The first-order chi connectivity index (χ1) is 10.0. The van der Waals surface area contributed by atoms with Crippen LogP contribution in [0, 0.1) is 0 Å². The average Bonchev–Trinajstić information content (AvgIpc) is 2.45. The van der Waals surface area contributed by atoms with Gasteiger partial charge in [-0.25, -0.2) is 4.98 Å². The van der Waals surface area contributed by atoms with Gasteiger partial charge in [-0.15, -0.1) is 0 Å². The highest BCUT2D eigenvalue weighted by atomic mass is 16.5. The number of fused-ring (bicyclic) bond motifs is 1. The molecule has 1 N–H and O–H groups in total. The molecule has 1 aromatic heterocycles. The first-order valence-corrected chi connectivity index (χ1v) is 7.75. The van der Waals surface area contributed by atoms with Crippen molar-refractivity contribution in [2.24, 2.45) is 0 Å². The number of aromatic nitrogens is 1. The Hall–Kier alpha value is -1.61. The van der Waals surface area contributed by atoms with E-state index < -0.39 is 0 Å². The van der Waals surface area contributed by atoms with E-state index in [0.29, 0.717) is 0 Å². The van der Waals surface area contributed by atoms with Gasteiger partial charge in [0.25, 0.3) is 0 Å². The molecular weight excluding hydrogens is 260 g/mol. The van der Waals surface area contributed by atoms with Crippen LogP contribution in [-0.4, -0.2) is 17.1 Å². The van der Waals surface area contributed by atoms with Gasteiger partial charge >= 0.3 is 0 Å². The van der Waals surface area contributed by atoms with Crippen LogP contribution in [0.15, 0.2) is 30.5 Å². The van der Waals surface area contributed by atoms with Gasteiger partial charge in [0.2, 0.25) is 5.88 Å². The lowest BCUT2D eigenvalue weighted by molar-refractivity contribution is 0.301. The lowest BCUT2D eigenvalue weighted by Gasteiger charge is -2.21. The van der Waals surface area contributed by atoms with Crippen LogP contribution in [0.3, 0.4) is 0 Å². The Morgan fingerprint density at radius 1 is 1.14 bits per heavy atom. The Balaban J connectivity index is 2.26. The summed E-state index contributed by atoms with van der Waals surface area (Å²) < 4.78 is 5.83. The molecule has 0 aliphatic carbocycles. The molecule has 114 valence electrons. The minimum absolute atomic E-state index is 0.0946. The molecule has 21 heavy (non-hydrogen) atoms. The van der Waals surface area contributed by atoms with Crippen molar-refractivity contribution in [2.45, 2.75) is 52.6 Å². The normalized spacial score (nSPS) is 11.8. The zero-order valence-corrected chi connectivity index (χ0v) is 13.6. The maximum atomic E-state index is 5.83. The highest BCUT2D eigenvalue weighted by Gasteiger charge is 2.12. The van der Waals surface area contributed by atoms with Crippen molar-refractivity contribution in [1.82, 2.24) is 10.3 Å². The first kappa shape index (κ1) is 15.8. The quantitative estimate of drug-likeness (QED) is 0.804. The van der Waals surface area contributed by atoms with Crippen LogP contribution in [0.1, 0.15) is 46.1 Å². The number of nitrogens with zero attached hydrogens (tertiary/aromatic N) is 1. The molecule has 2 rings (SSSR count). The summed E-state index contributed by atoms with van der Waals surface area (Å²) in [6.45, 7) is 10.2. The number of ether oxygens (including phenoxy) is 1. The van der Waals surface area contributed by atoms with Gasteiger partial charge in [-0.2, -0.15) is 0 Å². The Labute approximate surface area is 127 Å². The summed E-state index contributed by atoms with van der Waals surface area (Å²) in [7, 11) is 0. The van der Waals surface area contributed by atoms with Crippen LogP contribution < -0.4 is 10.1 Å². The van der Waals surface area contributed by atoms with Crippen LogP contribution in [0.25, 0.3) is 10.8 Å². The van der Waals surface area contributed by atoms with Crippen LogP contribution in [0.5, 0.6) is 5.88 Å². The Morgan fingerprint density at radius 2 is 1.86 bits per heavy atom. The molecule has 2 aromatic rings. The van der Waals surface area contributed by atoms with Crippen LogP contribution in [0.4, 0.5) is 0 Å². The molecule has 0 bridgehead atoms. The molecule has 1 aromatic carbocycles. The zero-order chi connectivity index (χ0) is 15.3. The Bertz CT molecular complexity index is 587. The number of hydrogen-bond donors (Lipinski definition) is 1. The van der Waals surface area contributed by atoms with Gasteiger partial charge in [-0.1, -0.05) is 31.5 Å². The number of pyridine rings is 1. The maximum absolute atomic E-state index is 5.83. The van der Waals surface area contributed by atoms with Gasteiger partial charge in [0.1, 0.15) is 0 Å². The molecule has 1 heterocycles.